The van der Waals surface area contributed by atoms with Crippen LogP contribution < -0.4 is 10.2 Å². The summed E-state index contributed by atoms with van der Waals surface area (Å²) in [6.07, 6.45) is 1.65. The smallest absolute Gasteiger partial charge is 0.0643 e. The van der Waals surface area contributed by atoms with Crippen molar-refractivity contribution in [1.82, 2.24) is 5.32 Å². The van der Waals surface area contributed by atoms with Crippen molar-refractivity contribution < 1.29 is 0 Å². The average Bonchev–Trinajstić information content (AvgIpc) is 2.53. The number of nitriles is 1. The second-order valence-corrected chi connectivity index (χ2v) is 5.57. The highest BCUT2D eigenvalue weighted by atomic mass is 79.9. The zero-order valence-corrected chi connectivity index (χ0v) is 12.2. The third kappa shape index (κ3) is 2.85. The van der Waals surface area contributed by atoms with E-state index in [4.69, 9.17) is 5.26 Å². The minimum atomic E-state index is 0.242. The van der Waals surface area contributed by atoms with Gasteiger partial charge in [0.2, 0.25) is 0 Å². The third-order valence-electron chi connectivity index (χ3n) is 3.44. The van der Waals surface area contributed by atoms with Crippen LogP contribution in [0.3, 0.4) is 0 Å². The van der Waals surface area contributed by atoms with Crippen LogP contribution in [-0.4, -0.2) is 25.2 Å². The second kappa shape index (κ2) is 6.21. The number of halogens is 1. The largest absolute Gasteiger partial charge is 0.363 e. The Morgan fingerprint density at radius 3 is 3.00 bits per heavy atom. The molecule has 4 heteroatoms. The molecule has 0 bridgehead atoms. The SMILES string of the molecule is CC1CCNCC(CC#N)N1c1ccccc1Br. The number of benzene rings is 1. The predicted octanol–water partition coefficient (Wildman–Crippen LogP) is 2.92. The van der Waals surface area contributed by atoms with E-state index in [0.717, 1.165) is 24.0 Å². The summed E-state index contributed by atoms with van der Waals surface area (Å²) in [5.74, 6) is 0. The van der Waals surface area contributed by atoms with Gasteiger partial charge in [0, 0.05) is 17.1 Å². The summed E-state index contributed by atoms with van der Waals surface area (Å²) in [6.45, 7) is 4.13. The van der Waals surface area contributed by atoms with E-state index >= 15 is 0 Å². The van der Waals surface area contributed by atoms with E-state index in [9.17, 15) is 0 Å². The molecule has 1 N–H and O–H groups in total. The van der Waals surface area contributed by atoms with E-state index in [-0.39, 0.29) is 6.04 Å². The molecule has 18 heavy (non-hydrogen) atoms. The summed E-state index contributed by atoms with van der Waals surface area (Å²) in [4.78, 5) is 2.38. The summed E-state index contributed by atoms with van der Waals surface area (Å²) < 4.78 is 1.10. The van der Waals surface area contributed by atoms with E-state index in [1.165, 1.54) is 5.69 Å². The van der Waals surface area contributed by atoms with Crippen molar-refractivity contribution in [1.29, 1.82) is 5.26 Å². The van der Waals surface area contributed by atoms with Gasteiger partial charge in [0.1, 0.15) is 0 Å². The monoisotopic (exact) mass is 307 g/mol. The molecular formula is C14H18BrN3. The summed E-state index contributed by atoms with van der Waals surface area (Å²) in [5.41, 5.74) is 1.19. The van der Waals surface area contributed by atoms with Crippen molar-refractivity contribution in [3.8, 4) is 6.07 Å². The minimum absolute atomic E-state index is 0.242. The topological polar surface area (TPSA) is 39.1 Å². The van der Waals surface area contributed by atoms with Gasteiger partial charge in [-0.2, -0.15) is 5.26 Å². The third-order valence-corrected chi connectivity index (χ3v) is 4.12. The minimum Gasteiger partial charge on any atom is -0.363 e. The van der Waals surface area contributed by atoms with E-state index in [1.807, 2.05) is 6.07 Å². The van der Waals surface area contributed by atoms with Crippen molar-refractivity contribution in [3.05, 3.63) is 28.7 Å². The van der Waals surface area contributed by atoms with Gasteiger partial charge in [-0.3, -0.25) is 0 Å². The fourth-order valence-corrected chi connectivity index (χ4v) is 3.04. The van der Waals surface area contributed by atoms with Gasteiger partial charge < -0.3 is 10.2 Å². The van der Waals surface area contributed by atoms with Gasteiger partial charge >= 0.3 is 0 Å². The van der Waals surface area contributed by atoms with Crippen LogP contribution in [0, 0.1) is 11.3 Å². The Bertz CT molecular complexity index is 441. The van der Waals surface area contributed by atoms with Gasteiger partial charge in [0.05, 0.1) is 24.2 Å². The summed E-state index contributed by atoms with van der Waals surface area (Å²) in [5, 5.41) is 12.4. The molecule has 1 heterocycles. The molecule has 1 aromatic carbocycles. The van der Waals surface area contributed by atoms with Crippen molar-refractivity contribution in [2.24, 2.45) is 0 Å². The van der Waals surface area contributed by atoms with Crippen molar-refractivity contribution in [3.63, 3.8) is 0 Å². The van der Waals surface area contributed by atoms with Crippen LogP contribution in [0.1, 0.15) is 19.8 Å². The Hall–Kier alpha value is -1.05. The Morgan fingerprint density at radius 1 is 1.50 bits per heavy atom. The quantitative estimate of drug-likeness (QED) is 0.913. The lowest BCUT2D eigenvalue weighted by atomic mass is 10.1. The van der Waals surface area contributed by atoms with Gasteiger partial charge in [-0.05, 0) is 48.0 Å². The molecule has 0 amide bonds. The molecule has 2 unspecified atom stereocenters. The fraction of sp³-hybridized carbons (Fsp3) is 0.500. The highest BCUT2D eigenvalue weighted by molar-refractivity contribution is 9.10. The number of hydrogen-bond donors (Lipinski definition) is 1. The van der Waals surface area contributed by atoms with E-state index in [0.29, 0.717) is 12.5 Å². The Kier molecular flexibility index (Phi) is 4.62. The van der Waals surface area contributed by atoms with Crippen LogP contribution in [0.15, 0.2) is 28.7 Å². The first-order chi connectivity index (χ1) is 8.74. The maximum atomic E-state index is 9.01. The predicted molar refractivity (Wildman–Crippen MR) is 77.6 cm³/mol. The molecule has 1 fully saturated rings. The van der Waals surface area contributed by atoms with Gasteiger partial charge in [-0.25, -0.2) is 0 Å². The number of anilines is 1. The molecule has 1 saturated heterocycles. The van der Waals surface area contributed by atoms with Crippen molar-refractivity contribution in [2.75, 3.05) is 18.0 Å². The molecule has 2 atom stereocenters. The van der Waals surface area contributed by atoms with Crippen LogP contribution in [0.4, 0.5) is 5.69 Å². The van der Waals surface area contributed by atoms with E-state index in [1.54, 1.807) is 0 Å². The normalized spacial score (nSPS) is 24.4. The molecule has 1 aliphatic rings. The number of rotatable bonds is 2. The lowest BCUT2D eigenvalue weighted by molar-refractivity contribution is 0.550. The van der Waals surface area contributed by atoms with Gasteiger partial charge in [-0.1, -0.05) is 12.1 Å². The second-order valence-electron chi connectivity index (χ2n) is 4.72. The molecule has 0 radical (unpaired) electrons. The van der Waals surface area contributed by atoms with Gasteiger partial charge in [-0.15, -0.1) is 0 Å². The molecule has 1 aliphatic heterocycles. The van der Waals surface area contributed by atoms with Crippen LogP contribution in [0.25, 0.3) is 0 Å². The fourth-order valence-electron chi connectivity index (χ4n) is 2.55. The molecular weight excluding hydrogens is 290 g/mol. The lowest BCUT2D eigenvalue weighted by Gasteiger charge is -2.36. The molecule has 1 aromatic rings. The van der Waals surface area contributed by atoms with Crippen LogP contribution in [-0.2, 0) is 0 Å². The molecule has 0 spiro atoms. The molecule has 96 valence electrons. The molecule has 0 aromatic heterocycles. The van der Waals surface area contributed by atoms with Gasteiger partial charge in [0.25, 0.3) is 0 Å². The van der Waals surface area contributed by atoms with E-state index in [2.05, 4.69) is 57.3 Å². The average molecular weight is 308 g/mol. The summed E-state index contributed by atoms with van der Waals surface area (Å²) in [6, 6.07) is 11.2. The first-order valence-corrected chi connectivity index (χ1v) is 7.14. The highest BCUT2D eigenvalue weighted by Gasteiger charge is 2.27. The number of para-hydroxylation sites is 1. The Morgan fingerprint density at radius 2 is 2.28 bits per heavy atom. The lowest BCUT2D eigenvalue weighted by Crippen LogP contribution is -2.43. The molecule has 0 saturated carbocycles. The zero-order chi connectivity index (χ0) is 13.0. The van der Waals surface area contributed by atoms with Crippen LogP contribution in [0.5, 0.6) is 0 Å². The Labute approximate surface area is 117 Å². The van der Waals surface area contributed by atoms with Crippen LogP contribution in [0.2, 0.25) is 0 Å². The molecule has 2 rings (SSSR count). The Balaban J connectivity index is 2.35. The molecule has 0 aliphatic carbocycles. The van der Waals surface area contributed by atoms with Crippen molar-refractivity contribution in [2.45, 2.75) is 31.8 Å². The van der Waals surface area contributed by atoms with Gasteiger partial charge in [0.15, 0.2) is 0 Å². The number of nitrogens with zero attached hydrogens (tertiary/aromatic N) is 2. The number of hydrogen-bond acceptors (Lipinski definition) is 3. The standard InChI is InChI=1S/C14H18BrN3/c1-11-7-9-17-10-12(6-8-16)18(11)14-5-3-2-4-13(14)15/h2-5,11-12,17H,6-7,9-10H2,1H3. The first-order valence-electron chi connectivity index (χ1n) is 6.34. The zero-order valence-electron chi connectivity index (χ0n) is 10.6. The first kappa shape index (κ1) is 13.4. The summed E-state index contributed by atoms with van der Waals surface area (Å²) >= 11 is 3.62. The maximum Gasteiger partial charge on any atom is 0.0643 e. The summed E-state index contributed by atoms with van der Waals surface area (Å²) in [7, 11) is 0. The van der Waals surface area contributed by atoms with Crippen molar-refractivity contribution >= 4 is 21.6 Å². The molecule has 3 nitrogen and oxygen atoms in total. The highest BCUT2D eigenvalue weighted by Crippen LogP contribution is 2.31. The van der Waals surface area contributed by atoms with Crippen LogP contribution >= 0.6 is 15.9 Å². The number of nitrogens with one attached hydrogen (secondary N) is 1. The van der Waals surface area contributed by atoms with E-state index < -0.39 is 0 Å². The maximum absolute atomic E-state index is 9.01.